The summed E-state index contributed by atoms with van der Waals surface area (Å²) in [6.07, 6.45) is 4.19. The average molecular weight is 443 g/mol. The highest BCUT2D eigenvalue weighted by Crippen LogP contribution is 2.20. The Morgan fingerprint density at radius 1 is 1.16 bits per heavy atom. The molecule has 3 aromatic rings. The lowest BCUT2D eigenvalue weighted by Crippen LogP contribution is -2.19. The summed E-state index contributed by atoms with van der Waals surface area (Å²) in [7, 11) is 1.69. The molecule has 4 nitrogen and oxygen atoms in total. The first-order valence-electron chi connectivity index (χ1n) is 8.06. The van der Waals surface area contributed by atoms with Crippen molar-refractivity contribution in [2.45, 2.75) is 13.8 Å². The number of benzene rings is 1. The summed E-state index contributed by atoms with van der Waals surface area (Å²) >= 11 is 2.37. The number of aromatic amines is 2. The predicted molar refractivity (Wildman–Crippen MR) is 108 cm³/mol. The van der Waals surface area contributed by atoms with Crippen molar-refractivity contribution in [1.82, 2.24) is 9.97 Å². The van der Waals surface area contributed by atoms with Crippen LogP contribution in [0.5, 0.6) is 5.75 Å². The molecule has 3 heterocycles. The van der Waals surface area contributed by atoms with E-state index in [4.69, 9.17) is 9.73 Å². The normalized spacial score (nSPS) is 15.8. The zero-order valence-corrected chi connectivity index (χ0v) is 16.4. The molecule has 0 radical (unpaired) electrons. The first-order chi connectivity index (χ1) is 12.1. The van der Waals surface area contributed by atoms with Crippen molar-refractivity contribution < 1.29 is 4.74 Å². The van der Waals surface area contributed by atoms with Crippen LogP contribution in [-0.2, 0) is 0 Å². The van der Waals surface area contributed by atoms with Crippen LogP contribution in [0.1, 0.15) is 17.0 Å². The zero-order valence-electron chi connectivity index (χ0n) is 14.3. The van der Waals surface area contributed by atoms with Gasteiger partial charge in [0.25, 0.3) is 0 Å². The molecule has 126 valence electrons. The molecule has 0 spiro atoms. The van der Waals surface area contributed by atoms with E-state index < -0.39 is 0 Å². The number of aromatic nitrogens is 2. The highest BCUT2D eigenvalue weighted by Gasteiger charge is 2.09. The number of rotatable bonds is 2. The molecule has 5 heteroatoms. The summed E-state index contributed by atoms with van der Waals surface area (Å²) in [6.45, 7) is 4.21. The molecule has 0 aliphatic carbocycles. The first kappa shape index (κ1) is 16.2. The third kappa shape index (κ3) is 2.82. The summed E-state index contributed by atoms with van der Waals surface area (Å²) < 4.78 is 6.83. The van der Waals surface area contributed by atoms with Crippen molar-refractivity contribution in [1.29, 1.82) is 0 Å². The van der Waals surface area contributed by atoms with E-state index in [1.807, 2.05) is 24.3 Å². The summed E-state index contributed by atoms with van der Waals surface area (Å²) in [5.74, 6) is 0.809. The van der Waals surface area contributed by atoms with Gasteiger partial charge in [-0.25, -0.2) is 4.99 Å². The van der Waals surface area contributed by atoms with Crippen LogP contribution in [0.4, 0.5) is 0 Å². The van der Waals surface area contributed by atoms with Gasteiger partial charge in [-0.1, -0.05) is 18.2 Å². The van der Waals surface area contributed by atoms with Crippen molar-refractivity contribution in [2.24, 2.45) is 4.99 Å². The Balaban J connectivity index is 1.93. The topological polar surface area (TPSA) is 53.2 Å². The van der Waals surface area contributed by atoms with Crippen molar-refractivity contribution >= 4 is 40.4 Å². The lowest BCUT2D eigenvalue weighted by atomic mass is 10.2. The van der Waals surface area contributed by atoms with E-state index in [-0.39, 0.29) is 0 Å². The molecule has 4 rings (SSSR count). The Labute approximate surface area is 158 Å². The fourth-order valence-corrected chi connectivity index (χ4v) is 3.49. The summed E-state index contributed by atoms with van der Waals surface area (Å²) in [4.78, 5) is 11.6. The van der Waals surface area contributed by atoms with Gasteiger partial charge in [0, 0.05) is 26.2 Å². The quantitative estimate of drug-likeness (QED) is 0.582. The molecule has 0 saturated carbocycles. The van der Waals surface area contributed by atoms with E-state index in [1.165, 1.54) is 14.8 Å². The number of halogens is 1. The van der Waals surface area contributed by atoms with E-state index in [0.717, 1.165) is 38.4 Å². The summed E-state index contributed by atoms with van der Waals surface area (Å²) in [5, 5.41) is 4.03. The molecular weight excluding hydrogens is 425 g/mol. The maximum absolute atomic E-state index is 5.56. The largest absolute Gasteiger partial charge is 0.494 e. The highest BCUT2D eigenvalue weighted by molar-refractivity contribution is 14.1. The van der Waals surface area contributed by atoms with Crippen LogP contribution in [0, 0.1) is 17.4 Å². The molecule has 2 aromatic heterocycles. The highest BCUT2D eigenvalue weighted by atomic mass is 127. The molecule has 0 fully saturated rings. The molecule has 25 heavy (non-hydrogen) atoms. The van der Waals surface area contributed by atoms with Crippen molar-refractivity contribution in [3.8, 4) is 5.75 Å². The molecule has 0 saturated heterocycles. The van der Waals surface area contributed by atoms with Crippen LogP contribution in [0.2, 0.25) is 0 Å². The first-order valence-corrected chi connectivity index (χ1v) is 9.14. The number of methoxy groups -OCH3 is 1. The molecule has 2 N–H and O–H groups in total. The van der Waals surface area contributed by atoms with Crippen molar-refractivity contribution in [3.05, 3.63) is 72.1 Å². The molecule has 0 unspecified atom stereocenters. The summed E-state index contributed by atoms with van der Waals surface area (Å²) in [5.41, 5.74) is 4.44. The number of H-pyrrole nitrogens is 2. The second-order valence-corrected chi connectivity index (χ2v) is 7.19. The minimum atomic E-state index is 0.809. The van der Waals surface area contributed by atoms with E-state index in [9.17, 15) is 0 Å². The monoisotopic (exact) mass is 443 g/mol. The number of ether oxygens (including phenoxy) is 1. The van der Waals surface area contributed by atoms with Gasteiger partial charge >= 0.3 is 0 Å². The zero-order chi connectivity index (χ0) is 17.6. The fourth-order valence-electron chi connectivity index (χ4n) is 3.06. The van der Waals surface area contributed by atoms with Gasteiger partial charge in [0.1, 0.15) is 5.75 Å². The van der Waals surface area contributed by atoms with Gasteiger partial charge in [-0.3, -0.25) is 0 Å². The van der Waals surface area contributed by atoms with Gasteiger partial charge in [0.15, 0.2) is 0 Å². The third-order valence-electron chi connectivity index (χ3n) is 4.45. The predicted octanol–water partition coefficient (Wildman–Crippen LogP) is 1.62. The van der Waals surface area contributed by atoms with E-state index in [0.29, 0.717) is 0 Å². The average Bonchev–Trinajstić information content (AvgIpc) is 3.28. The molecule has 1 aliphatic rings. The smallest absolute Gasteiger partial charge is 0.144 e. The van der Waals surface area contributed by atoms with Crippen LogP contribution in [0.25, 0.3) is 17.8 Å². The van der Waals surface area contributed by atoms with E-state index in [1.54, 1.807) is 7.11 Å². The van der Waals surface area contributed by atoms with E-state index in [2.05, 4.69) is 64.6 Å². The molecular formula is C20H18IN3O. The summed E-state index contributed by atoms with van der Waals surface area (Å²) in [6, 6.07) is 10.1. The maximum atomic E-state index is 5.56. The standard InChI is InChI=1S/C20H18IN3O/c1-11-15(22-12(2)20(11)21)9-18-19(25-3)10-17(24-18)16-8-13-6-4-5-7-14(13)23-16/h4-10,22,24H,1-3H3/b17-16-,18-9?. The van der Waals surface area contributed by atoms with Crippen LogP contribution >= 0.6 is 22.6 Å². The SMILES string of the molecule is COc1c/c(=C2\C=c3ccccc3=N2)[nH]c1=Cc1[nH]c(C)c(I)c1C. The minimum absolute atomic E-state index is 0.809. The number of fused-ring (bicyclic) bond motifs is 1. The number of nitrogens with zero attached hydrogens (tertiary/aromatic N) is 1. The number of aryl methyl sites for hydroxylation is 1. The Kier molecular flexibility index (Phi) is 4.03. The lowest BCUT2D eigenvalue weighted by molar-refractivity contribution is 0.412. The second-order valence-electron chi connectivity index (χ2n) is 6.11. The van der Waals surface area contributed by atoms with Gasteiger partial charge in [-0.15, -0.1) is 0 Å². The lowest BCUT2D eigenvalue weighted by Gasteiger charge is -1.94. The fraction of sp³-hybridized carbons (Fsp3) is 0.150. The van der Waals surface area contributed by atoms with Gasteiger partial charge in [0.05, 0.1) is 28.9 Å². The van der Waals surface area contributed by atoms with Crippen LogP contribution in [0.3, 0.4) is 0 Å². The van der Waals surface area contributed by atoms with E-state index >= 15 is 0 Å². The Morgan fingerprint density at radius 3 is 2.64 bits per heavy atom. The molecule has 0 atom stereocenters. The van der Waals surface area contributed by atoms with Crippen LogP contribution in [0.15, 0.2) is 35.3 Å². The Bertz CT molecular complexity index is 1180. The third-order valence-corrected chi connectivity index (χ3v) is 6.07. The molecule has 1 aliphatic heterocycles. The Hall–Kier alpha value is -2.28. The van der Waals surface area contributed by atoms with Gasteiger partial charge < -0.3 is 14.7 Å². The number of hydrogen-bond donors (Lipinski definition) is 2. The second kappa shape index (κ2) is 6.22. The minimum Gasteiger partial charge on any atom is -0.494 e. The van der Waals surface area contributed by atoms with Gasteiger partial charge in [-0.2, -0.15) is 0 Å². The molecule has 0 amide bonds. The van der Waals surface area contributed by atoms with Crippen molar-refractivity contribution in [2.75, 3.05) is 7.11 Å². The maximum Gasteiger partial charge on any atom is 0.144 e. The number of nitrogens with one attached hydrogen (secondary N) is 2. The molecule has 0 bridgehead atoms. The number of para-hydroxylation sites is 1. The van der Waals surface area contributed by atoms with Gasteiger partial charge in [0.2, 0.25) is 0 Å². The number of hydrogen-bond acceptors (Lipinski definition) is 2. The molecule has 1 aromatic carbocycles. The van der Waals surface area contributed by atoms with Crippen molar-refractivity contribution in [3.63, 3.8) is 0 Å². The Morgan fingerprint density at radius 2 is 1.96 bits per heavy atom. The van der Waals surface area contributed by atoms with Gasteiger partial charge in [-0.05, 0) is 60.2 Å². The van der Waals surface area contributed by atoms with Crippen LogP contribution < -0.4 is 26.0 Å². The van der Waals surface area contributed by atoms with Crippen LogP contribution in [-0.4, -0.2) is 17.1 Å².